The van der Waals surface area contributed by atoms with Gasteiger partial charge in [-0.1, -0.05) is 6.42 Å². The van der Waals surface area contributed by atoms with Crippen LogP contribution in [0.25, 0.3) is 6.08 Å². The van der Waals surface area contributed by atoms with E-state index >= 15 is 0 Å². The maximum absolute atomic E-state index is 11.9. The summed E-state index contributed by atoms with van der Waals surface area (Å²) in [5, 5.41) is 2.81. The molecule has 1 aromatic rings. The average Bonchev–Trinajstić information content (AvgIpc) is 2.67. The van der Waals surface area contributed by atoms with E-state index in [4.69, 9.17) is 14.2 Å². The second-order valence-corrected chi connectivity index (χ2v) is 5.47. The molecule has 7 heteroatoms. The van der Waals surface area contributed by atoms with Gasteiger partial charge in [-0.05, 0) is 36.6 Å². The third-order valence-corrected chi connectivity index (χ3v) is 3.70. The lowest BCUT2D eigenvalue weighted by Crippen LogP contribution is -2.22. The Kier molecular flexibility index (Phi) is 9.67. The van der Waals surface area contributed by atoms with Gasteiger partial charge in [-0.15, -0.1) is 0 Å². The molecule has 0 atom stereocenters. The molecule has 0 fully saturated rings. The van der Waals surface area contributed by atoms with Crippen LogP contribution in [0.5, 0.6) is 17.2 Å². The number of hydrogen-bond acceptors (Lipinski definition) is 6. The van der Waals surface area contributed by atoms with Crippen molar-refractivity contribution in [3.8, 4) is 17.2 Å². The highest BCUT2D eigenvalue weighted by Gasteiger charge is 2.12. The Morgan fingerprint density at radius 3 is 2.15 bits per heavy atom. The van der Waals surface area contributed by atoms with Crippen LogP contribution >= 0.6 is 0 Å². The van der Waals surface area contributed by atoms with Crippen LogP contribution < -0.4 is 19.5 Å². The number of amides is 1. The zero-order chi connectivity index (χ0) is 19.4. The lowest BCUT2D eigenvalue weighted by Gasteiger charge is -2.12. The van der Waals surface area contributed by atoms with Gasteiger partial charge in [0.2, 0.25) is 11.7 Å². The zero-order valence-corrected chi connectivity index (χ0v) is 15.8. The van der Waals surface area contributed by atoms with Gasteiger partial charge >= 0.3 is 5.97 Å². The Morgan fingerprint density at radius 1 is 0.962 bits per heavy atom. The molecule has 0 heterocycles. The van der Waals surface area contributed by atoms with E-state index in [0.29, 0.717) is 30.2 Å². The Balaban J connectivity index is 2.49. The van der Waals surface area contributed by atoms with Crippen molar-refractivity contribution >= 4 is 18.0 Å². The molecule has 0 spiro atoms. The molecule has 1 amide bonds. The van der Waals surface area contributed by atoms with Gasteiger partial charge in [-0.25, -0.2) is 0 Å². The van der Waals surface area contributed by atoms with Gasteiger partial charge in [0.25, 0.3) is 0 Å². The zero-order valence-electron chi connectivity index (χ0n) is 15.8. The van der Waals surface area contributed by atoms with Crippen molar-refractivity contribution in [2.45, 2.75) is 25.7 Å². The monoisotopic (exact) mass is 365 g/mol. The number of esters is 1. The summed E-state index contributed by atoms with van der Waals surface area (Å²) >= 11 is 0. The second-order valence-electron chi connectivity index (χ2n) is 5.47. The van der Waals surface area contributed by atoms with Gasteiger partial charge in [-0.3, -0.25) is 9.59 Å². The molecule has 0 unspecified atom stereocenters. The van der Waals surface area contributed by atoms with Crippen molar-refractivity contribution in [1.29, 1.82) is 0 Å². The standard InChI is InChI=1S/C19H27NO6/c1-23-15-12-14(13-16(24-2)19(15)26-4)9-10-17(21)20-11-7-5-6-8-18(22)25-3/h9-10,12-13H,5-8,11H2,1-4H3,(H,20,21)/b10-9+. The number of rotatable bonds is 11. The molecular weight excluding hydrogens is 338 g/mol. The minimum absolute atomic E-state index is 0.188. The van der Waals surface area contributed by atoms with E-state index < -0.39 is 0 Å². The molecule has 0 aromatic heterocycles. The molecule has 7 nitrogen and oxygen atoms in total. The van der Waals surface area contributed by atoms with Crippen molar-refractivity contribution in [3.05, 3.63) is 23.8 Å². The minimum Gasteiger partial charge on any atom is -0.493 e. The summed E-state index contributed by atoms with van der Waals surface area (Å²) in [5.41, 5.74) is 0.757. The number of carbonyl (C=O) groups excluding carboxylic acids is 2. The molecule has 0 aliphatic carbocycles. The molecule has 1 rings (SSSR count). The number of nitrogens with one attached hydrogen (secondary N) is 1. The normalized spacial score (nSPS) is 10.5. The molecule has 26 heavy (non-hydrogen) atoms. The third kappa shape index (κ3) is 7.04. The quantitative estimate of drug-likeness (QED) is 0.369. The van der Waals surface area contributed by atoms with Crippen molar-refractivity contribution in [2.24, 2.45) is 0 Å². The van der Waals surface area contributed by atoms with Crippen LogP contribution in [0.15, 0.2) is 18.2 Å². The summed E-state index contributed by atoms with van der Waals surface area (Å²) in [6.45, 7) is 0.555. The van der Waals surface area contributed by atoms with E-state index in [1.807, 2.05) is 0 Å². The minimum atomic E-state index is -0.206. The highest BCUT2D eigenvalue weighted by molar-refractivity contribution is 5.91. The largest absolute Gasteiger partial charge is 0.493 e. The van der Waals surface area contributed by atoms with E-state index in [2.05, 4.69) is 10.1 Å². The van der Waals surface area contributed by atoms with Crippen LogP contribution in [0.4, 0.5) is 0 Å². The molecule has 0 aliphatic rings. The van der Waals surface area contributed by atoms with Crippen LogP contribution in [-0.4, -0.2) is 46.9 Å². The Labute approximate surface area is 154 Å². The smallest absolute Gasteiger partial charge is 0.305 e. The van der Waals surface area contributed by atoms with Gasteiger partial charge in [0.15, 0.2) is 11.5 Å². The molecule has 0 aliphatic heterocycles. The van der Waals surface area contributed by atoms with Gasteiger partial charge in [-0.2, -0.15) is 0 Å². The summed E-state index contributed by atoms with van der Waals surface area (Å²) in [5.74, 6) is 1.16. The van der Waals surface area contributed by atoms with Gasteiger partial charge < -0.3 is 24.3 Å². The summed E-state index contributed by atoms with van der Waals surface area (Å²) in [6, 6.07) is 3.52. The number of benzene rings is 1. The van der Waals surface area contributed by atoms with Gasteiger partial charge in [0.05, 0.1) is 28.4 Å². The van der Waals surface area contributed by atoms with E-state index in [1.54, 1.807) is 18.2 Å². The summed E-state index contributed by atoms with van der Waals surface area (Å²) in [6.07, 6.45) is 5.95. The van der Waals surface area contributed by atoms with Crippen molar-refractivity contribution in [1.82, 2.24) is 5.32 Å². The Bertz CT molecular complexity index is 601. The molecular formula is C19H27NO6. The van der Waals surface area contributed by atoms with Crippen LogP contribution in [0, 0.1) is 0 Å². The fourth-order valence-electron chi connectivity index (χ4n) is 2.31. The van der Waals surface area contributed by atoms with Crippen molar-refractivity contribution in [2.75, 3.05) is 35.0 Å². The lowest BCUT2D eigenvalue weighted by molar-refractivity contribution is -0.140. The first-order chi connectivity index (χ1) is 12.5. The van der Waals surface area contributed by atoms with Crippen molar-refractivity contribution < 1.29 is 28.5 Å². The molecule has 0 bridgehead atoms. The van der Waals surface area contributed by atoms with Crippen molar-refractivity contribution in [3.63, 3.8) is 0 Å². The first-order valence-electron chi connectivity index (χ1n) is 8.38. The third-order valence-electron chi connectivity index (χ3n) is 3.70. The number of unbranched alkanes of at least 4 members (excludes halogenated alkanes) is 2. The number of carbonyl (C=O) groups is 2. The molecule has 0 radical (unpaired) electrons. The maximum atomic E-state index is 11.9. The first-order valence-corrected chi connectivity index (χ1v) is 8.38. The Hall–Kier alpha value is -2.70. The summed E-state index contributed by atoms with van der Waals surface area (Å²) < 4.78 is 20.4. The average molecular weight is 365 g/mol. The number of ether oxygens (including phenoxy) is 4. The summed E-state index contributed by atoms with van der Waals surface area (Å²) in [4.78, 5) is 22.9. The van der Waals surface area contributed by atoms with Gasteiger partial charge in [0.1, 0.15) is 0 Å². The highest BCUT2D eigenvalue weighted by atomic mass is 16.5. The van der Waals surface area contributed by atoms with E-state index in [-0.39, 0.29) is 11.9 Å². The molecule has 1 aromatic carbocycles. The predicted octanol–water partition coefficient (Wildman–Crippen LogP) is 2.58. The molecule has 1 N–H and O–H groups in total. The molecule has 144 valence electrons. The van der Waals surface area contributed by atoms with E-state index in [9.17, 15) is 9.59 Å². The highest BCUT2D eigenvalue weighted by Crippen LogP contribution is 2.38. The lowest BCUT2D eigenvalue weighted by atomic mass is 10.1. The van der Waals surface area contributed by atoms with Crippen LogP contribution in [0.2, 0.25) is 0 Å². The van der Waals surface area contributed by atoms with Gasteiger partial charge in [0, 0.05) is 19.0 Å². The number of methoxy groups -OCH3 is 4. The molecule has 0 saturated carbocycles. The fourth-order valence-corrected chi connectivity index (χ4v) is 2.31. The van der Waals surface area contributed by atoms with E-state index in [1.165, 1.54) is 34.5 Å². The second kappa shape index (κ2) is 11.8. The van der Waals surface area contributed by atoms with Crippen LogP contribution in [-0.2, 0) is 14.3 Å². The predicted molar refractivity (Wildman–Crippen MR) is 98.6 cm³/mol. The summed E-state index contributed by atoms with van der Waals surface area (Å²) in [7, 11) is 5.99. The fraction of sp³-hybridized carbons (Fsp3) is 0.474. The van der Waals surface area contributed by atoms with E-state index in [0.717, 1.165) is 24.8 Å². The number of hydrogen-bond donors (Lipinski definition) is 1. The van der Waals surface area contributed by atoms with Crippen LogP contribution in [0.1, 0.15) is 31.2 Å². The molecule has 0 saturated heterocycles. The first kappa shape index (κ1) is 21.3. The SMILES string of the molecule is COC(=O)CCCCCNC(=O)/C=C/c1cc(OC)c(OC)c(OC)c1. The van der Waals surface area contributed by atoms with Crippen LogP contribution in [0.3, 0.4) is 0 Å². The topological polar surface area (TPSA) is 83.1 Å². The maximum Gasteiger partial charge on any atom is 0.305 e. The Morgan fingerprint density at radius 2 is 1.62 bits per heavy atom.